The molecule has 1 saturated carbocycles. The van der Waals surface area contributed by atoms with Crippen LogP contribution in [0.25, 0.3) is 0 Å². The molecule has 1 atom stereocenters. The quantitative estimate of drug-likeness (QED) is 0.858. The van der Waals surface area contributed by atoms with Gasteiger partial charge in [0.2, 0.25) is 18.6 Å². The summed E-state index contributed by atoms with van der Waals surface area (Å²) in [4.78, 5) is 27.1. The van der Waals surface area contributed by atoms with Crippen molar-refractivity contribution >= 4 is 23.3 Å². The van der Waals surface area contributed by atoms with Gasteiger partial charge in [0.25, 0.3) is 0 Å². The summed E-state index contributed by atoms with van der Waals surface area (Å²) in [5, 5.41) is 7.43. The highest BCUT2D eigenvalue weighted by atomic mass is 16.7. The summed E-state index contributed by atoms with van der Waals surface area (Å²) in [6, 6.07) is 7.58. The van der Waals surface area contributed by atoms with Crippen molar-refractivity contribution in [3.05, 3.63) is 30.5 Å². The number of rotatable bonds is 4. The molecular weight excluding hydrogens is 372 g/mol. The highest BCUT2D eigenvalue weighted by Crippen LogP contribution is 2.37. The van der Waals surface area contributed by atoms with E-state index in [1.807, 2.05) is 16.8 Å². The molecule has 1 aliphatic carbocycles. The lowest BCUT2D eigenvalue weighted by Crippen LogP contribution is -2.29. The molecule has 29 heavy (non-hydrogen) atoms. The molecule has 0 radical (unpaired) electrons. The number of fused-ring (bicyclic) bond motifs is 1. The second kappa shape index (κ2) is 7.42. The van der Waals surface area contributed by atoms with Crippen molar-refractivity contribution in [2.75, 3.05) is 23.6 Å². The Labute approximate surface area is 168 Å². The molecule has 8 heteroatoms. The molecule has 5 rings (SSSR count). The number of amides is 2. The maximum absolute atomic E-state index is 12.9. The minimum atomic E-state index is -0.400. The summed E-state index contributed by atoms with van der Waals surface area (Å²) >= 11 is 0. The van der Waals surface area contributed by atoms with Gasteiger partial charge in [0, 0.05) is 30.8 Å². The first kappa shape index (κ1) is 18.0. The van der Waals surface area contributed by atoms with Gasteiger partial charge in [0.05, 0.1) is 18.2 Å². The Morgan fingerprint density at radius 2 is 1.93 bits per heavy atom. The van der Waals surface area contributed by atoms with Crippen LogP contribution < -0.4 is 19.7 Å². The summed E-state index contributed by atoms with van der Waals surface area (Å²) in [6.07, 6.45) is 7.74. The molecule has 2 amide bonds. The zero-order valence-electron chi connectivity index (χ0n) is 16.2. The minimum absolute atomic E-state index is 0.0650. The molecule has 3 heterocycles. The van der Waals surface area contributed by atoms with E-state index in [1.165, 1.54) is 19.3 Å². The van der Waals surface area contributed by atoms with E-state index < -0.39 is 5.92 Å². The lowest BCUT2D eigenvalue weighted by Gasteiger charge is -2.24. The number of carbonyl (C=O) groups is 2. The van der Waals surface area contributed by atoms with Crippen LogP contribution in [-0.4, -0.2) is 34.9 Å². The van der Waals surface area contributed by atoms with Crippen LogP contribution >= 0.6 is 0 Å². The molecule has 1 N–H and O–H groups in total. The van der Waals surface area contributed by atoms with Crippen molar-refractivity contribution in [1.29, 1.82) is 0 Å². The Hall–Kier alpha value is -3.03. The molecule has 2 aromatic rings. The van der Waals surface area contributed by atoms with Gasteiger partial charge in [-0.25, -0.2) is 4.68 Å². The van der Waals surface area contributed by atoms with Crippen molar-refractivity contribution in [3.63, 3.8) is 0 Å². The third-order valence-electron chi connectivity index (χ3n) is 6.01. The van der Waals surface area contributed by atoms with E-state index in [0.717, 1.165) is 24.3 Å². The van der Waals surface area contributed by atoms with Crippen molar-refractivity contribution in [3.8, 4) is 11.5 Å². The molecule has 2 fully saturated rings. The Morgan fingerprint density at radius 3 is 2.79 bits per heavy atom. The number of hydrogen-bond acceptors (Lipinski definition) is 5. The van der Waals surface area contributed by atoms with Crippen molar-refractivity contribution in [2.45, 2.75) is 44.6 Å². The third kappa shape index (κ3) is 3.43. The average Bonchev–Trinajstić information content (AvgIpc) is 3.47. The maximum Gasteiger partial charge on any atom is 0.231 e. The molecule has 1 aromatic carbocycles. The number of hydrogen-bond donors (Lipinski definition) is 1. The molecule has 0 bridgehead atoms. The van der Waals surface area contributed by atoms with E-state index in [1.54, 1.807) is 23.2 Å². The monoisotopic (exact) mass is 396 g/mol. The predicted molar refractivity (Wildman–Crippen MR) is 106 cm³/mol. The smallest absolute Gasteiger partial charge is 0.231 e. The van der Waals surface area contributed by atoms with Gasteiger partial charge in [-0.3, -0.25) is 9.59 Å². The van der Waals surface area contributed by atoms with Gasteiger partial charge in [0.1, 0.15) is 5.82 Å². The second-order valence-corrected chi connectivity index (χ2v) is 7.89. The van der Waals surface area contributed by atoms with E-state index in [2.05, 4.69) is 10.4 Å². The zero-order valence-corrected chi connectivity index (χ0v) is 16.2. The normalized spacial score (nSPS) is 21.6. The Morgan fingerprint density at radius 1 is 1.10 bits per heavy atom. The minimum Gasteiger partial charge on any atom is -0.454 e. The summed E-state index contributed by atoms with van der Waals surface area (Å²) in [5.74, 6) is 1.41. The molecular formula is C21H24N4O4. The highest BCUT2D eigenvalue weighted by Gasteiger charge is 2.36. The summed E-state index contributed by atoms with van der Waals surface area (Å²) in [7, 11) is 0. The third-order valence-corrected chi connectivity index (χ3v) is 6.01. The standard InChI is InChI=1S/C21H24N4O4/c26-20-10-14(12-24(20)16-6-7-17-18(11-16)29-13-28-17)21(27)23-19-8-9-22-25(19)15-4-2-1-3-5-15/h6-9,11,14-15H,1-5,10,12-13H2,(H,23,27)/t14-/m0/s1. The fourth-order valence-electron chi connectivity index (χ4n) is 4.44. The molecule has 3 aliphatic rings. The first-order valence-corrected chi connectivity index (χ1v) is 10.2. The summed E-state index contributed by atoms with van der Waals surface area (Å²) < 4.78 is 12.7. The van der Waals surface area contributed by atoms with Crippen molar-refractivity contribution < 1.29 is 19.1 Å². The second-order valence-electron chi connectivity index (χ2n) is 7.89. The van der Waals surface area contributed by atoms with Gasteiger partial charge in [0.15, 0.2) is 11.5 Å². The lowest BCUT2D eigenvalue weighted by molar-refractivity contribution is -0.122. The SMILES string of the molecule is O=C(Nc1ccnn1C1CCCCC1)[C@H]1CC(=O)N(c2ccc3c(c2)OCO3)C1. The van der Waals surface area contributed by atoms with Crippen LogP contribution in [0.15, 0.2) is 30.5 Å². The lowest BCUT2D eigenvalue weighted by atomic mass is 9.96. The number of aromatic nitrogens is 2. The number of ether oxygens (including phenoxy) is 2. The van der Waals surface area contributed by atoms with Gasteiger partial charge < -0.3 is 19.7 Å². The van der Waals surface area contributed by atoms with Crippen LogP contribution in [0.4, 0.5) is 11.5 Å². The average molecular weight is 396 g/mol. The molecule has 2 aliphatic heterocycles. The maximum atomic E-state index is 12.9. The number of benzene rings is 1. The van der Waals surface area contributed by atoms with E-state index in [-0.39, 0.29) is 25.0 Å². The largest absolute Gasteiger partial charge is 0.454 e. The van der Waals surface area contributed by atoms with Gasteiger partial charge in [-0.05, 0) is 25.0 Å². The molecule has 1 aromatic heterocycles. The van der Waals surface area contributed by atoms with E-state index in [9.17, 15) is 9.59 Å². The van der Waals surface area contributed by atoms with Gasteiger partial charge in [-0.15, -0.1) is 0 Å². The van der Waals surface area contributed by atoms with E-state index in [0.29, 0.717) is 24.1 Å². The number of nitrogens with one attached hydrogen (secondary N) is 1. The van der Waals surface area contributed by atoms with Crippen LogP contribution in [-0.2, 0) is 9.59 Å². The predicted octanol–water partition coefficient (Wildman–Crippen LogP) is 3.11. The number of carbonyl (C=O) groups excluding carboxylic acids is 2. The van der Waals surface area contributed by atoms with Crippen LogP contribution in [0, 0.1) is 5.92 Å². The Balaban J connectivity index is 1.27. The van der Waals surface area contributed by atoms with E-state index >= 15 is 0 Å². The van der Waals surface area contributed by atoms with Crippen molar-refractivity contribution in [2.24, 2.45) is 5.92 Å². The first-order valence-electron chi connectivity index (χ1n) is 10.2. The fraction of sp³-hybridized carbons (Fsp3) is 0.476. The topological polar surface area (TPSA) is 85.7 Å². The van der Waals surface area contributed by atoms with E-state index in [4.69, 9.17) is 9.47 Å². The summed E-state index contributed by atoms with van der Waals surface area (Å²) in [5.41, 5.74) is 0.724. The van der Waals surface area contributed by atoms with Gasteiger partial charge in [-0.1, -0.05) is 19.3 Å². The number of nitrogens with zero attached hydrogens (tertiary/aromatic N) is 3. The zero-order chi connectivity index (χ0) is 19.8. The molecule has 0 spiro atoms. The Kier molecular flexibility index (Phi) is 4.61. The van der Waals surface area contributed by atoms with Gasteiger partial charge >= 0.3 is 0 Å². The summed E-state index contributed by atoms with van der Waals surface area (Å²) in [6.45, 7) is 0.536. The van der Waals surface area contributed by atoms with Crippen LogP contribution in [0.2, 0.25) is 0 Å². The number of anilines is 2. The molecule has 8 nitrogen and oxygen atoms in total. The molecule has 152 valence electrons. The van der Waals surface area contributed by atoms with Crippen LogP contribution in [0.1, 0.15) is 44.6 Å². The Bertz CT molecular complexity index is 935. The van der Waals surface area contributed by atoms with Gasteiger partial charge in [-0.2, -0.15) is 5.10 Å². The first-order chi connectivity index (χ1) is 14.2. The molecule has 0 unspecified atom stereocenters. The van der Waals surface area contributed by atoms with Crippen LogP contribution in [0.5, 0.6) is 11.5 Å². The highest BCUT2D eigenvalue weighted by molar-refractivity contribution is 6.03. The van der Waals surface area contributed by atoms with Crippen molar-refractivity contribution in [1.82, 2.24) is 9.78 Å². The molecule has 1 saturated heterocycles. The fourth-order valence-corrected chi connectivity index (χ4v) is 4.44. The van der Waals surface area contributed by atoms with Crippen LogP contribution in [0.3, 0.4) is 0 Å².